The summed E-state index contributed by atoms with van der Waals surface area (Å²) < 4.78 is 5.11. The summed E-state index contributed by atoms with van der Waals surface area (Å²) in [4.78, 5) is 24.8. The van der Waals surface area contributed by atoms with E-state index in [9.17, 15) is 9.59 Å². The quantitative estimate of drug-likeness (QED) is 0.731. The van der Waals surface area contributed by atoms with Crippen LogP contribution in [0.5, 0.6) is 0 Å². The van der Waals surface area contributed by atoms with Gasteiger partial charge in [0, 0.05) is 12.7 Å². The number of likely N-dealkylation sites (N-methyl/N-ethyl adjacent to an activating group) is 1. The van der Waals surface area contributed by atoms with Crippen molar-refractivity contribution >= 4 is 17.6 Å². The Balaban J connectivity index is 2.27. The number of rotatable bonds is 2. The lowest BCUT2D eigenvalue weighted by Crippen LogP contribution is -2.20. The van der Waals surface area contributed by atoms with E-state index in [0.717, 1.165) is 11.3 Å². The molecule has 0 atom stereocenters. The minimum Gasteiger partial charge on any atom is -0.459 e. The molecule has 0 radical (unpaired) electrons. The molecule has 1 heterocycles. The molecular weight excluding hydrogens is 218 g/mol. The maximum absolute atomic E-state index is 11.7. The maximum Gasteiger partial charge on any atom is 0.338 e. The molecule has 0 bridgehead atoms. The Labute approximate surface area is 100 Å². The summed E-state index contributed by atoms with van der Waals surface area (Å²) in [6, 6.07) is 5.22. The van der Waals surface area contributed by atoms with Gasteiger partial charge in [-0.25, -0.2) is 4.79 Å². The van der Waals surface area contributed by atoms with Crippen LogP contribution in [0.2, 0.25) is 0 Å². The average Bonchev–Trinajstić information content (AvgIpc) is 2.53. The van der Waals surface area contributed by atoms with Gasteiger partial charge in [0.1, 0.15) is 0 Å². The number of carbonyl (C=O) groups excluding carboxylic acids is 2. The first-order valence-corrected chi connectivity index (χ1v) is 5.59. The third-order valence-corrected chi connectivity index (χ3v) is 2.74. The van der Waals surface area contributed by atoms with Gasteiger partial charge in [-0.3, -0.25) is 4.79 Å². The normalized spacial score (nSPS) is 14.1. The van der Waals surface area contributed by atoms with Crippen molar-refractivity contribution in [1.82, 2.24) is 0 Å². The van der Waals surface area contributed by atoms with E-state index in [4.69, 9.17) is 4.74 Å². The van der Waals surface area contributed by atoms with E-state index in [-0.39, 0.29) is 18.0 Å². The zero-order chi connectivity index (χ0) is 12.6. The molecule has 0 aliphatic carbocycles. The first kappa shape index (κ1) is 11.6. The second-order valence-corrected chi connectivity index (χ2v) is 4.43. The van der Waals surface area contributed by atoms with Crippen LogP contribution in [0.4, 0.5) is 5.69 Å². The van der Waals surface area contributed by atoms with Crippen molar-refractivity contribution in [2.45, 2.75) is 26.4 Å². The summed E-state index contributed by atoms with van der Waals surface area (Å²) in [6.07, 6.45) is 0.217. The summed E-state index contributed by atoms with van der Waals surface area (Å²) in [5.41, 5.74) is 2.26. The topological polar surface area (TPSA) is 46.6 Å². The highest BCUT2D eigenvalue weighted by Gasteiger charge is 2.25. The third-order valence-electron chi connectivity index (χ3n) is 2.74. The Morgan fingerprint density at radius 2 is 2.12 bits per heavy atom. The predicted octanol–water partition coefficient (Wildman–Crippen LogP) is 1.77. The number of esters is 1. The van der Waals surface area contributed by atoms with Gasteiger partial charge in [-0.1, -0.05) is 0 Å². The number of carbonyl (C=O) groups is 2. The van der Waals surface area contributed by atoms with Crippen LogP contribution < -0.4 is 4.90 Å². The molecule has 0 unspecified atom stereocenters. The van der Waals surface area contributed by atoms with Crippen molar-refractivity contribution in [2.24, 2.45) is 0 Å². The van der Waals surface area contributed by atoms with Gasteiger partial charge in [-0.15, -0.1) is 0 Å². The van der Waals surface area contributed by atoms with E-state index in [1.807, 2.05) is 13.8 Å². The van der Waals surface area contributed by atoms with Crippen molar-refractivity contribution in [3.8, 4) is 0 Å². The summed E-state index contributed by atoms with van der Waals surface area (Å²) in [6.45, 7) is 3.62. The van der Waals surface area contributed by atoms with Crippen LogP contribution in [-0.4, -0.2) is 25.0 Å². The van der Waals surface area contributed by atoms with E-state index in [1.165, 1.54) is 0 Å². The van der Waals surface area contributed by atoms with E-state index in [1.54, 1.807) is 30.1 Å². The Morgan fingerprint density at radius 1 is 1.41 bits per heavy atom. The summed E-state index contributed by atoms with van der Waals surface area (Å²) in [7, 11) is 1.74. The smallest absolute Gasteiger partial charge is 0.338 e. The second-order valence-electron chi connectivity index (χ2n) is 4.43. The number of anilines is 1. The van der Waals surface area contributed by atoms with Crippen molar-refractivity contribution in [1.29, 1.82) is 0 Å². The summed E-state index contributed by atoms with van der Waals surface area (Å²) >= 11 is 0. The third kappa shape index (κ3) is 2.16. The number of hydrogen-bond donors (Lipinski definition) is 0. The van der Waals surface area contributed by atoms with Gasteiger partial charge in [-0.2, -0.15) is 0 Å². The molecule has 1 aliphatic rings. The Hall–Kier alpha value is -1.84. The molecule has 4 nitrogen and oxygen atoms in total. The summed E-state index contributed by atoms with van der Waals surface area (Å²) in [5.74, 6) is -0.292. The number of ether oxygens (including phenoxy) is 1. The molecule has 0 spiro atoms. The number of hydrogen-bond acceptors (Lipinski definition) is 3. The fourth-order valence-corrected chi connectivity index (χ4v) is 1.88. The molecular formula is C13H15NO3. The van der Waals surface area contributed by atoms with Gasteiger partial charge < -0.3 is 9.64 Å². The lowest BCUT2D eigenvalue weighted by Gasteiger charge is -2.11. The second kappa shape index (κ2) is 4.20. The van der Waals surface area contributed by atoms with Gasteiger partial charge in [0.25, 0.3) is 0 Å². The van der Waals surface area contributed by atoms with Crippen LogP contribution in [0.25, 0.3) is 0 Å². The van der Waals surface area contributed by atoms with Gasteiger partial charge in [-0.05, 0) is 37.6 Å². The largest absolute Gasteiger partial charge is 0.459 e. The van der Waals surface area contributed by atoms with Crippen LogP contribution in [0, 0.1) is 0 Å². The Bertz CT molecular complexity index is 480. The van der Waals surface area contributed by atoms with E-state index < -0.39 is 0 Å². The van der Waals surface area contributed by atoms with Crippen LogP contribution in [0.1, 0.15) is 29.8 Å². The van der Waals surface area contributed by atoms with Crippen LogP contribution in [0.15, 0.2) is 18.2 Å². The lowest BCUT2D eigenvalue weighted by molar-refractivity contribution is -0.117. The monoisotopic (exact) mass is 233 g/mol. The van der Waals surface area contributed by atoms with Crippen molar-refractivity contribution < 1.29 is 14.3 Å². The Kier molecular flexibility index (Phi) is 2.88. The highest BCUT2D eigenvalue weighted by atomic mass is 16.5. The highest BCUT2D eigenvalue weighted by molar-refractivity contribution is 6.02. The number of fused-ring (bicyclic) bond motifs is 1. The fourth-order valence-electron chi connectivity index (χ4n) is 1.88. The zero-order valence-electron chi connectivity index (χ0n) is 10.2. The van der Waals surface area contributed by atoms with Gasteiger partial charge in [0.15, 0.2) is 0 Å². The molecule has 2 rings (SSSR count). The molecule has 90 valence electrons. The van der Waals surface area contributed by atoms with Crippen molar-refractivity contribution in [3.05, 3.63) is 29.3 Å². The SMILES string of the molecule is CC(C)OC(=O)c1ccc2c(c1)CC(=O)N2C. The maximum atomic E-state index is 11.7. The van der Waals surface area contributed by atoms with E-state index in [0.29, 0.717) is 12.0 Å². The molecule has 0 aromatic heterocycles. The molecule has 17 heavy (non-hydrogen) atoms. The minimum atomic E-state index is -0.343. The molecule has 1 aliphatic heterocycles. The molecule has 1 aromatic rings. The number of amides is 1. The molecule has 1 amide bonds. The van der Waals surface area contributed by atoms with Crippen molar-refractivity contribution in [2.75, 3.05) is 11.9 Å². The minimum absolute atomic E-state index is 0.0503. The van der Waals surface area contributed by atoms with E-state index in [2.05, 4.69) is 0 Å². The molecule has 0 fully saturated rings. The lowest BCUT2D eigenvalue weighted by atomic mass is 10.1. The molecule has 1 aromatic carbocycles. The van der Waals surface area contributed by atoms with Gasteiger partial charge >= 0.3 is 5.97 Å². The molecule has 0 saturated heterocycles. The first-order chi connectivity index (χ1) is 7.99. The molecule has 4 heteroatoms. The first-order valence-electron chi connectivity index (χ1n) is 5.59. The summed E-state index contributed by atoms with van der Waals surface area (Å²) in [5, 5.41) is 0. The van der Waals surface area contributed by atoms with Crippen LogP contribution in [-0.2, 0) is 16.0 Å². The highest BCUT2D eigenvalue weighted by Crippen LogP contribution is 2.28. The van der Waals surface area contributed by atoms with E-state index >= 15 is 0 Å². The molecule has 0 N–H and O–H groups in total. The number of nitrogens with zero attached hydrogens (tertiary/aromatic N) is 1. The zero-order valence-corrected chi connectivity index (χ0v) is 10.2. The van der Waals surface area contributed by atoms with Gasteiger partial charge in [0.2, 0.25) is 5.91 Å². The predicted molar refractivity (Wildman–Crippen MR) is 64.1 cm³/mol. The van der Waals surface area contributed by atoms with Crippen LogP contribution >= 0.6 is 0 Å². The van der Waals surface area contributed by atoms with Crippen LogP contribution in [0.3, 0.4) is 0 Å². The van der Waals surface area contributed by atoms with Gasteiger partial charge in [0.05, 0.1) is 18.1 Å². The number of benzene rings is 1. The fraction of sp³-hybridized carbons (Fsp3) is 0.385. The Morgan fingerprint density at radius 3 is 2.76 bits per heavy atom. The standard InChI is InChI=1S/C13H15NO3/c1-8(2)17-13(16)9-4-5-11-10(6-9)7-12(15)14(11)3/h4-6,8H,7H2,1-3H3. The van der Waals surface area contributed by atoms with Crippen molar-refractivity contribution in [3.63, 3.8) is 0 Å². The molecule has 0 saturated carbocycles. The average molecular weight is 233 g/mol.